The largest absolute Gasteiger partial charge is 0.459 e. The fourth-order valence-electron chi connectivity index (χ4n) is 2.80. The van der Waals surface area contributed by atoms with Crippen LogP contribution in [0.1, 0.15) is 59.3 Å². The molecule has 17 heavy (non-hydrogen) atoms. The zero-order valence-corrected chi connectivity index (χ0v) is 11.5. The van der Waals surface area contributed by atoms with Gasteiger partial charge in [0.1, 0.15) is 6.10 Å². The highest BCUT2D eigenvalue weighted by Crippen LogP contribution is 2.34. The van der Waals surface area contributed by atoms with Gasteiger partial charge < -0.3 is 4.74 Å². The Hall–Kier alpha value is -0.790. The molecule has 98 valence electrons. The number of carbonyl (C=O) groups excluding carboxylic acids is 1. The van der Waals surface area contributed by atoms with Crippen molar-refractivity contribution in [2.24, 2.45) is 11.8 Å². The van der Waals surface area contributed by atoms with E-state index in [1.807, 2.05) is 6.92 Å². The molecule has 1 fully saturated rings. The van der Waals surface area contributed by atoms with E-state index in [4.69, 9.17) is 4.74 Å². The maximum absolute atomic E-state index is 11.5. The van der Waals surface area contributed by atoms with Crippen molar-refractivity contribution < 1.29 is 9.53 Å². The fraction of sp³-hybridized carbons (Fsp3) is 0.800. The van der Waals surface area contributed by atoms with Crippen LogP contribution in [0, 0.1) is 11.8 Å². The van der Waals surface area contributed by atoms with E-state index in [0.29, 0.717) is 11.5 Å². The van der Waals surface area contributed by atoms with Crippen LogP contribution in [-0.2, 0) is 9.53 Å². The Morgan fingerprint density at radius 1 is 1.47 bits per heavy atom. The van der Waals surface area contributed by atoms with Crippen molar-refractivity contribution in [2.75, 3.05) is 0 Å². The third kappa shape index (κ3) is 4.53. The lowest BCUT2D eigenvalue weighted by atomic mass is 9.77. The van der Waals surface area contributed by atoms with Gasteiger partial charge >= 0.3 is 5.97 Å². The van der Waals surface area contributed by atoms with Gasteiger partial charge in [-0.3, -0.25) is 0 Å². The molecule has 0 amide bonds. The Morgan fingerprint density at radius 3 is 2.76 bits per heavy atom. The van der Waals surface area contributed by atoms with Gasteiger partial charge in [0, 0.05) is 5.57 Å². The Labute approximate surface area is 105 Å². The summed E-state index contributed by atoms with van der Waals surface area (Å²) >= 11 is 0. The second kappa shape index (κ2) is 6.83. The van der Waals surface area contributed by atoms with Gasteiger partial charge in [-0.1, -0.05) is 39.2 Å². The normalized spacial score (nSPS) is 26.3. The molecule has 2 heteroatoms. The summed E-state index contributed by atoms with van der Waals surface area (Å²) in [4.78, 5) is 11.5. The van der Waals surface area contributed by atoms with E-state index in [-0.39, 0.29) is 12.1 Å². The highest BCUT2D eigenvalue weighted by atomic mass is 16.5. The molecule has 0 saturated heterocycles. The summed E-state index contributed by atoms with van der Waals surface area (Å²) in [6.07, 6.45) is 7.67. The van der Waals surface area contributed by atoms with Crippen molar-refractivity contribution in [3.8, 4) is 0 Å². The van der Waals surface area contributed by atoms with E-state index >= 15 is 0 Å². The van der Waals surface area contributed by atoms with Crippen LogP contribution in [0.4, 0.5) is 0 Å². The van der Waals surface area contributed by atoms with Crippen LogP contribution in [0.2, 0.25) is 0 Å². The van der Waals surface area contributed by atoms with Crippen LogP contribution < -0.4 is 0 Å². The van der Waals surface area contributed by atoms with Crippen LogP contribution in [0.15, 0.2) is 12.2 Å². The number of hydrogen-bond acceptors (Lipinski definition) is 2. The summed E-state index contributed by atoms with van der Waals surface area (Å²) in [5, 5.41) is 0. The average Bonchev–Trinajstić information content (AvgIpc) is 2.29. The Morgan fingerprint density at radius 2 is 2.18 bits per heavy atom. The minimum Gasteiger partial charge on any atom is -0.459 e. The lowest BCUT2D eigenvalue weighted by Gasteiger charge is -2.32. The highest BCUT2D eigenvalue weighted by molar-refractivity contribution is 5.87. The molecule has 0 radical (unpaired) electrons. The maximum Gasteiger partial charge on any atom is 0.333 e. The second-order valence-corrected chi connectivity index (χ2v) is 5.47. The van der Waals surface area contributed by atoms with Crippen LogP contribution in [0.5, 0.6) is 0 Å². The molecule has 3 unspecified atom stereocenters. The molecule has 3 atom stereocenters. The van der Waals surface area contributed by atoms with Gasteiger partial charge in [-0.25, -0.2) is 4.79 Å². The van der Waals surface area contributed by atoms with Crippen molar-refractivity contribution in [1.29, 1.82) is 0 Å². The standard InChI is InChI=1S/C15H26O2/c1-5-7-13-8-6-9-14(10-13)12(4)17-15(16)11(2)3/h12-14H,2,5-10H2,1,3-4H3. The molecule has 0 aliphatic heterocycles. The van der Waals surface area contributed by atoms with Crippen molar-refractivity contribution >= 4 is 5.97 Å². The van der Waals surface area contributed by atoms with Gasteiger partial charge in [-0.05, 0) is 38.5 Å². The van der Waals surface area contributed by atoms with Gasteiger partial charge in [-0.2, -0.15) is 0 Å². The molecule has 0 bridgehead atoms. The molecular formula is C15H26O2. The molecule has 2 nitrogen and oxygen atoms in total. The zero-order chi connectivity index (χ0) is 12.8. The Bertz CT molecular complexity index is 268. The molecule has 1 aliphatic rings. The van der Waals surface area contributed by atoms with E-state index < -0.39 is 0 Å². The molecule has 0 aromatic heterocycles. The molecular weight excluding hydrogens is 212 g/mol. The summed E-state index contributed by atoms with van der Waals surface area (Å²) in [6.45, 7) is 9.60. The Balaban J connectivity index is 2.43. The first kappa shape index (κ1) is 14.3. The molecule has 0 heterocycles. The van der Waals surface area contributed by atoms with Crippen molar-refractivity contribution in [2.45, 2.75) is 65.4 Å². The van der Waals surface area contributed by atoms with E-state index in [2.05, 4.69) is 13.5 Å². The lowest BCUT2D eigenvalue weighted by Crippen LogP contribution is -2.29. The quantitative estimate of drug-likeness (QED) is 0.532. The Kier molecular flexibility index (Phi) is 5.73. The second-order valence-electron chi connectivity index (χ2n) is 5.47. The molecule has 1 rings (SSSR count). The monoisotopic (exact) mass is 238 g/mol. The maximum atomic E-state index is 11.5. The van der Waals surface area contributed by atoms with Gasteiger partial charge in [0.15, 0.2) is 0 Å². The first-order valence-corrected chi connectivity index (χ1v) is 6.91. The summed E-state index contributed by atoms with van der Waals surface area (Å²) in [6, 6.07) is 0. The summed E-state index contributed by atoms with van der Waals surface area (Å²) < 4.78 is 5.44. The fourth-order valence-corrected chi connectivity index (χ4v) is 2.80. The number of esters is 1. The molecule has 0 aromatic rings. The predicted octanol–water partition coefficient (Wildman–Crippen LogP) is 4.10. The van der Waals surface area contributed by atoms with Gasteiger partial charge in [-0.15, -0.1) is 0 Å². The third-order valence-electron chi connectivity index (χ3n) is 3.83. The first-order chi connectivity index (χ1) is 8.04. The van der Waals surface area contributed by atoms with Gasteiger partial charge in [0.25, 0.3) is 0 Å². The summed E-state index contributed by atoms with van der Waals surface area (Å²) in [5.74, 6) is 1.14. The predicted molar refractivity (Wildman–Crippen MR) is 70.7 cm³/mol. The first-order valence-electron chi connectivity index (χ1n) is 6.91. The third-order valence-corrected chi connectivity index (χ3v) is 3.83. The average molecular weight is 238 g/mol. The number of rotatable bonds is 5. The smallest absolute Gasteiger partial charge is 0.333 e. The summed E-state index contributed by atoms with van der Waals surface area (Å²) in [7, 11) is 0. The van der Waals surface area contributed by atoms with E-state index in [9.17, 15) is 4.79 Å². The number of carbonyl (C=O) groups is 1. The molecule has 0 aromatic carbocycles. The van der Waals surface area contributed by atoms with E-state index in [0.717, 1.165) is 5.92 Å². The molecule has 1 saturated carbocycles. The van der Waals surface area contributed by atoms with E-state index in [1.165, 1.54) is 38.5 Å². The van der Waals surface area contributed by atoms with Crippen molar-refractivity contribution in [3.63, 3.8) is 0 Å². The minimum atomic E-state index is -0.241. The van der Waals surface area contributed by atoms with Crippen molar-refractivity contribution in [1.82, 2.24) is 0 Å². The molecule has 0 spiro atoms. The van der Waals surface area contributed by atoms with Crippen LogP contribution >= 0.6 is 0 Å². The number of ether oxygens (including phenoxy) is 1. The summed E-state index contributed by atoms with van der Waals surface area (Å²) in [5.41, 5.74) is 0.498. The lowest BCUT2D eigenvalue weighted by molar-refractivity contribution is -0.146. The van der Waals surface area contributed by atoms with Crippen molar-refractivity contribution in [3.05, 3.63) is 12.2 Å². The van der Waals surface area contributed by atoms with Gasteiger partial charge in [0.2, 0.25) is 0 Å². The van der Waals surface area contributed by atoms with E-state index in [1.54, 1.807) is 6.92 Å². The van der Waals surface area contributed by atoms with Crippen LogP contribution in [-0.4, -0.2) is 12.1 Å². The molecule has 0 N–H and O–H groups in total. The highest BCUT2D eigenvalue weighted by Gasteiger charge is 2.27. The minimum absolute atomic E-state index is 0.0406. The topological polar surface area (TPSA) is 26.3 Å². The van der Waals surface area contributed by atoms with Gasteiger partial charge in [0.05, 0.1) is 0 Å². The zero-order valence-electron chi connectivity index (χ0n) is 11.5. The SMILES string of the molecule is C=C(C)C(=O)OC(C)C1CCCC(CCC)C1. The van der Waals surface area contributed by atoms with Crippen LogP contribution in [0.3, 0.4) is 0 Å². The molecule has 1 aliphatic carbocycles. The number of hydrogen-bond donors (Lipinski definition) is 0. The van der Waals surface area contributed by atoms with Crippen LogP contribution in [0.25, 0.3) is 0 Å².